The molecule has 0 spiro atoms. The average molecular weight is 249 g/mol. The summed E-state index contributed by atoms with van der Waals surface area (Å²) in [5.41, 5.74) is -0.228. The third kappa shape index (κ3) is 5.77. The van der Waals surface area contributed by atoms with E-state index in [-0.39, 0.29) is 98.4 Å². The monoisotopic (exact) mass is 249 g/mol. The van der Waals surface area contributed by atoms with E-state index < -0.39 is 11.8 Å². The van der Waals surface area contributed by atoms with Gasteiger partial charge in [0.1, 0.15) is 5.56 Å². The minimum absolute atomic E-state index is 0. The van der Waals surface area contributed by atoms with Crippen LogP contribution < -0.4 is 0 Å². The van der Waals surface area contributed by atoms with Crippen LogP contribution in [0.5, 0.6) is 5.88 Å². The van der Waals surface area contributed by atoms with E-state index in [2.05, 4.69) is 17.0 Å². The van der Waals surface area contributed by atoms with Crippen molar-refractivity contribution in [2.45, 2.75) is 4.21 Å². The van der Waals surface area contributed by atoms with E-state index in [0.29, 0.717) is 0 Å². The molecule has 0 saturated heterocycles. The molecule has 1 rings (SSSR count). The van der Waals surface area contributed by atoms with Crippen LogP contribution >= 0.6 is 24.2 Å². The average Bonchev–Trinajstić information content (AvgIpc) is 2.11. The normalized spacial score (nSPS) is 7.46. The van der Waals surface area contributed by atoms with Gasteiger partial charge in [-0.3, -0.25) is 0 Å². The molecule has 0 atom stereocenters. The molecule has 13 heavy (non-hydrogen) atoms. The third-order valence-corrected chi connectivity index (χ3v) is 1.98. The molecule has 0 aliphatic carbocycles. The molecule has 0 aromatic carbocycles. The summed E-state index contributed by atoms with van der Waals surface area (Å²) in [7, 11) is 0. The van der Waals surface area contributed by atoms with Gasteiger partial charge in [0.15, 0.2) is 0 Å². The van der Waals surface area contributed by atoms with Gasteiger partial charge in [0.25, 0.3) is 0 Å². The fourth-order valence-corrected chi connectivity index (χ4v) is 1.31. The van der Waals surface area contributed by atoms with E-state index in [1.807, 2.05) is 0 Å². The first kappa shape index (κ1) is 20.6. The van der Waals surface area contributed by atoms with Gasteiger partial charge in [0, 0.05) is 0 Å². The maximum atomic E-state index is 10.3. The van der Waals surface area contributed by atoms with Crippen molar-refractivity contribution >= 4 is 119 Å². The fraction of sp³-hybridized carbons (Fsp3) is 0. The number of carboxylic acid groups (broad SMARTS) is 1. The Labute approximate surface area is 151 Å². The number of rotatable bonds is 1. The van der Waals surface area contributed by atoms with Crippen LogP contribution in [0, 0.1) is 0 Å². The Morgan fingerprint density at radius 3 is 2.00 bits per heavy atom. The quantitative estimate of drug-likeness (QED) is 0.436. The van der Waals surface area contributed by atoms with Gasteiger partial charge >= 0.3 is 94.6 Å². The van der Waals surface area contributed by atoms with Crippen LogP contribution in [-0.4, -0.2) is 109 Å². The van der Waals surface area contributed by atoms with Crippen LogP contribution in [-0.2, 0) is 0 Å². The van der Waals surface area contributed by atoms with Gasteiger partial charge in [-0.15, -0.1) is 12.6 Å². The van der Waals surface area contributed by atoms with Crippen molar-refractivity contribution in [3.05, 3.63) is 5.56 Å². The van der Waals surface area contributed by atoms with Gasteiger partial charge in [-0.25, -0.2) is 4.79 Å². The van der Waals surface area contributed by atoms with E-state index in [1.54, 1.807) is 0 Å². The number of carboxylic acids is 1. The second kappa shape index (κ2) is 9.47. The van der Waals surface area contributed by atoms with Crippen molar-refractivity contribution < 1.29 is 15.0 Å². The summed E-state index contributed by atoms with van der Waals surface area (Å²) in [4.78, 5) is 10.3. The molecule has 0 aliphatic rings. The Morgan fingerprint density at radius 1 is 1.38 bits per heavy atom. The van der Waals surface area contributed by atoms with E-state index >= 15 is 0 Å². The zero-order valence-electron chi connectivity index (χ0n) is 4.61. The number of aromatic carboxylic acids is 1. The van der Waals surface area contributed by atoms with Crippen LogP contribution in [0.15, 0.2) is 4.21 Å². The Bertz CT molecular complexity index is 260. The molecule has 4 nitrogen and oxygen atoms in total. The van der Waals surface area contributed by atoms with Gasteiger partial charge in [0.2, 0.25) is 5.88 Å². The van der Waals surface area contributed by atoms with E-state index in [0.717, 1.165) is 11.5 Å². The number of carbonyl (C=O) groups is 1. The number of hydrogen-bond acceptors (Lipinski definition) is 5. The summed E-state index contributed by atoms with van der Waals surface area (Å²) < 4.78 is 3.59. The molecule has 0 saturated carbocycles. The Kier molecular flexibility index (Phi) is 15.0. The molecule has 1 aromatic rings. The van der Waals surface area contributed by atoms with E-state index in [9.17, 15) is 4.79 Å². The number of thiol groups is 1. The zero-order chi connectivity index (χ0) is 7.72. The molecule has 0 amide bonds. The van der Waals surface area contributed by atoms with Gasteiger partial charge in [-0.1, -0.05) is 0 Å². The van der Waals surface area contributed by atoms with Crippen molar-refractivity contribution in [2.75, 3.05) is 0 Å². The Hall–Kier alpha value is 2.25. The predicted molar refractivity (Wildman–Crippen MR) is 59.4 cm³/mol. The fourth-order valence-electron chi connectivity index (χ4n) is 0.461. The first-order chi connectivity index (χ1) is 4.63. The molecule has 0 aliphatic heterocycles. The number of aromatic nitrogens is 1. The maximum absolute atomic E-state index is 10.3. The predicted octanol–water partition coefficient (Wildman–Crippen LogP) is -1.11. The number of aromatic hydroxyl groups is 1. The summed E-state index contributed by atoms with van der Waals surface area (Å²) in [6.07, 6.45) is 0. The summed E-state index contributed by atoms with van der Waals surface area (Å²) in [5.74, 6) is -1.68. The number of nitrogens with zero attached hydrogens (tertiary/aromatic N) is 1. The molecule has 1 heterocycles. The molecular formula is C4H6NNa3O3S2. The van der Waals surface area contributed by atoms with Crippen LogP contribution in [0.25, 0.3) is 0 Å². The molecule has 60 valence electrons. The molecule has 0 radical (unpaired) electrons. The molecule has 0 unspecified atom stereocenters. The Balaban J connectivity index is -0.000000333. The first-order valence-electron chi connectivity index (χ1n) is 2.24. The second-order valence-electron chi connectivity index (χ2n) is 1.49. The summed E-state index contributed by atoms with van der Waals surface area (Å²) in [5, 5.41) is 17.2. The van der Waals surface area contributed by atoms with Crippen molar-refractivity contribution in [3.63, 3.8) is 0 Å². The standard InChI is InChI=1S/C4H3NO3S2.3Na.3H/c6-2-1(3(7)8)4(9)10-5-2;;;;;;/h9H,(H,5,6)(H,7,8);;;;;;. The second-order valence-corrected chi connectivity index (χ2v) is 3.01. The van der Waals surface area contributed by atoms with Crippen molar-refractivity contribution in [1.82, 2.24) is 4.37 Å². The van der Waals surface area contributed by atoms with Crippen molar-refractivity contribution in [2.24, 2.45) is 0 Å². The molecule has 9 heteroatoms. The van der Waals surface area contributed by atoms with Gasteiger partial charge in [-0.2, -0.15) is 4.37 Å². The van der Waals surface area contributed by atoms with Crippen LogP contribution in [0.3, 0.4) is 0 Å². The molecule has 0 bridgehead atoms. The van der Waals surface area contributed by atoms with Gasteiger partial charge < -0.3 is 10.2 Å². The molecular weight excluding hydrogens is 243 g/mol. The van der Waals surface area contributed by atoms with Gasteiger partial charge in [0.05, 0.1) is 4.21 Å². The topological polar surface area (TPSA) is 70.4 Å². The summed E-state index contributed by atoms with van der Waals surface area (Å²) in [6.45, 7) is 0. The Morgan fingerprint density at radius 2 is 1.85 bits per heavy atom. The zero-order valence-corrected chi connectivity index (χ0v) is 6.32. The summed E-state index contributed by atoms with van der Waals surface area (Å²) >= 11 is 4.62. The van der Waals surface area contributed by atoms with Gasteiger partial charge in [-0.05, 0) is 11.5 Å². The molecule has 0 fully saturated rings. The molecule has 2 N–H and O–H groups in total. The van der Waals surface area contributed by atoms with Crippen LogP contribution in [0.1, 0.15) is 10.4 Å². The van der Waals surface area contributed by atoms with E-state index in [1.165, 1.54) is 0 Å². The van der Waals surface area contributed by atoms with Crippen molar-refractivity contribution in [1.29, 1.82) is 0 Å². The third-order valence-electron chi connectivity index (χ3n) is 0.870. The minimum atomic E-state index is -1.21. The SMILES string of the molecule is O=C(O)c1c(O)nsc1S.[NaH].[NaH].[NaH]. The van der Waals surface area contributed by atoms with Crippen LogP contribution in [0.2, 0.25) is 0 Å². The first-order valence-corrected chi connectivity index (χ1v) is 3.46. The number of hydrogen-bond donors (Lipinski definition) is 3. The van der Waals surface area contributed by atoms with Crippen LogP contribution in [0.4, 0.5) is 0 Å². The van der Waals surface area contributed by atoms with Crippen molar-refractivity contribution in [3.8, 4) is 5.88 Å². The van der Waals surface area contributed by atoms with E-state index in [4.69, 9.17) is 10.2 Å². The summed E-state index contributed by atoms with van der Waals surface area (Å²) in [6, 6.07) is 0. The molecule has 1 aromatic heterocycles.